The average molecular weight is 385 g/mol. The number of phenolic OH excluding ortho intramolecular Hbond substituents is 1. The molecule has 26 heavy (non-hydrogen) atoms. The van der Waals surface area contributed by atoms with E-state index in [9.17, 15) is 23.1 Å². The van der Waals surface area contributed by atoms with Crippen molar-refractivity contribution < 1.29 is 22.7 Å². The fourth-order valence-electron chi connectivity index (χ4n) is 2.54. The number of nitrogens with zero attached hydrogens (tertiary/aromatic N) is 3. The highest BCUT2D eigenvalue weighted by Gasteiger charge is 2.37. The van der Waals surface area contributed by atoms with Crippen molar-refractivity contribution in [1.29, 1.82) is 0 Å². The Morgan fingerprint density at radius 3 is 2.58 bits per heavy atom. The number of benzene rings is 1. The molecule has 0 atom stereocenters. The van der Waals surface area contributed by atoms with Crippen LogP contribution in [0.5, 0.6) is 5.75 Å². The van der Waals surface area contributed by atoms with Crippen LogP contribution in [-0.4, -0.2) is 19.9 Å². The first-order chi connectivity index (χ1) is 12.2. The van der Waals surface area contributed by atoms with Crippen molar-refractivity contribution in [2.24, 2.45) is 7.05 Å². The van der Waals surface area contributed by atoms with Gasteiger partial charge in [-0.1, -0.05) is 18.7 Å². The maximum Gasteiger partial charge on any atom is 0.451 e. The molecule has 10 heteroatoms. The van der Waals surface area contributed by atoms with Crippen molar-refractivity contribution in [3.05, 3.63) is 45.6 Å². The molecule has 1 aromatic carbocycles. The summed E-state index contributed by atoms with van der Waals surface area (Å²) < 4.78 is 44.4. The van der Waals surface area contributed by atoms with Crippen LogP contribution in [0.15, 0.2) is 32.6 Å². The van der Waals surface area contributed by atoms with Crippen LogP contribution in [0.2, 0.25) is 0 Å². The summed E-state index contributed by atoms with van der Waals surface area (Å²) in [6, 6.07) is 4.36. The smallest absolute Gasteiger partial charge is 0.451 e. The summed E-state index contributed by atoms with van der Waals surface area (Å²) in [6.45, 7) is 1.87. The third kappa shape index (κ3) is 3.41. The number of rotatable bonds is 4. The molecular formula is C16H14F3N3O3S. The Morgan fingerprint density at radius 1 is 1.23 bits per heavy atom. The van der Waals surface area contributed by atoms with Gasteiger partial charge in [0, 0.05) is 30.3 Å². The Hall–Kier alpha value is -2.49. The fourth-order valence-corrected chi connectivity index (χ4v) is 3.44. The van der Waals surface area contributed by atoms with Crippen molar-refractivity contribution in [2.45, 2.75) is 30.4 Å². The van der Waals surface area contributed by atoms with Gasteiger partial charge in [-0.3, -0.25) is 0 Å². The van der Waals surface area contributed by atoms with E-state index in [1.165, 1.54) is 19.2 Å². The zero-order valence-corrected chi connectivity index (χ0v) is 14.6. The Kier molecular flexibility index (Phi) is 4.70. The van der Waals surface area contributed by atoms with Crippen LogP contribution in [0.3, 0.4) is 0 Å². The van der Waals surface area contributed by atoms with Crippen LogP contribution in [0.25, 0.3) is 11.0 Å². The molecule has 0 aliphatic carbocycles. The van der Waals surface area contributed by atoms with Crippen LogP contribution in [-0.2, 0) is 25.4 Å². The van der Waals surface area contributed by atoms with Gasteiger partial charge in [0.25, 0.3) is 0 Å². The van der Waals surface area contributed by atoms with Gasteiger partial charge in [-0.05, 0) is 23.6 Å². The highest BCUT2D eigenvalue weighted by molar-refractivity contribution is 7.98. The molecule has 0 bridgehead atoms. The Bertz CT molecular complexity index is 1030. The lowest BCUT2D eigenvalue weighted by Crippen LogP contribution is -2.13. The lowest BCUT2D eigenvalue weighted by atomic mass is 10.1. The number of phenols is 1. The monoisotopic (exact) mass is 385 g/mol. The Morgan fingerprint density at radius 2 is 1.96 bits per heavy atom. The van der Waals surface area contributed by atoms with Gasteiger partial charge in [0.15, 0.2) is 5.16 Å². The number of thioether (sulfide) groups is 1. The van der Waals surface area contributed by atoms with Gasteiger partial charge in [0.1, 0.15) is 11.3 Å². The van der Waals surface area contributed by atoms with Crippen molar-refractivity contribution >= 4 is 22.7 Å². The third-order valence-corrected chi connectivity index (χ3v) is 4.92. The molecule has 0 fully saturated rings. The molecule has 3 rings (SSSR count). The summed E-state index contributed by atoms with van der Waals surface area (Å²) in [5.41, 5.74) is 0.866. The lowest BCUT2D eigenvalue weighted by molar-refractivity contribution is -0.147. The number of aromatic hydroxyl groups is 1. The van der Waals surface area contributed by atoms with Gasteiger partial charge in [0.05, 0.1) is 0 Å². The zero-order valence-electron chi connectivity index (χ0n) is 13.8. The summed E-state index contributed by atoms with van der Waals surface area (Å²) in [7, 11) is 1.23. The van der Waals surface area contributed by atoms with Crippen molar-refractivity contribution in [1.82, 2.24) is 14.8 Å². The van der Waals surface area contributed by atoms with Gasteiger partial charge >= 0.3 is 11.8 Å². The predicted molar refractivity (Wildman–Crippen MR) is 89.1 cm³/mol. The molecule has 6 nitrogen and oxygen atoms in total. The normalized spacial score (nSPS) is 12.0. The van der Waals surface area contributed by atoms with Crippen LogP contribution in [0.4, 0.5) is 13.2 Å². The van der Waals surface area contributed by atoms with E-state index >= 15 is 0 Å². The number of fused-ring (bicyclic) bond motifs is 1. The summed E-state index contributed by atoms with van der Waals surface area (Å²) >= 11 is 1.02. The Labute approximate surface area is 149 Å². The molecule has 3 aromatic rings. The minimum absolute atomic E-state index is 0.0241. The summed E-state index contributed by atoms with van der Waals surface area (Å²) in [6.07, 6.45) is -4.01. The molecule has 0 amide bonds. The SMILES string of the molecule is CCc1cc2c(CSc3nnc(C(F)(F)F)n3C)cc(=O)oc2cc1O. The van der Waals surface area contributed by atoms with Crippen LogP contribution < -0.4 is 5.63 Å². The van der Waals surface area contributed by atoms with Gasteiger partial charge < -0.3 is 14.1 Å². The highest BCUT2D eigenvalue weighted by atomic mass is 32.2. The van der Waals surface area contributed by atoms with E-state index in [4.69, 9.17) is 4.42 Å². The maximum atomic E-state index is 12.8. The number of alkyl halides is 3. The van der Waals surface area contributed by atoms with Gasteiger partial charge in [0.2, 0.25) is 5.82 Å². The molecular weight excluding hydrogens is 371 g/mol. The van der Waals surface area contributed by atoms with E-state index in [-0.39, 0.29) is 22.2 Å². The fraction of sp³-hybridized carbons (Fsp3) is 0.312. The molecule has 0 unspecified atom stereocenters. The van der Waals surface area contributed by atoms with E-state index in [1.807, 2.05) is 6.92 Å². The van der Waals surface area contributed by atoms with Gasteiger partial charge in [-0.25, -0.2) is 4.79 Å². The molecule has 0 aliphatic heterocycles. The second kappa shape index (κ2) is 6.67. The van der Waals surface area contributed by atoms with Gasteiger partial charge in [-0.2, -0.15) is 13.2 Å². The molecule has 0 spiro atoms. The van der Waals surface area contributed by atoms with E-state index < -0.39 is 17.6 Å². The number of hydrogen-bond donors (Lipinski definition) is 1. The molecule has 0 saturated carbocycles. The van der Waals surface area contributed by atoms with Crippen molar-refractivity contribution in [2.75, 3.05) is 0 Å². The molecule has 0 aliphatic rings. The third-order valence-electron chi connectivity index (χ3n) is 3.86. The standard InChI is InChI=1S/C16H14F3N3O3S/c1-3-8-4-10-9(5-13(24)25-12(10)6-11(8)23)7-26-15-21-20-14(22(15)2)16(17,18)19/h4-6,23H,3,7H2,1-2H3. The minimum atomic E-state index is -4.59. The van der Waals surface area contributed by atoms with E-state index in [0.717, 1.165) is 16.3 Å². The Balaban J connectivity index is 1.97. The van der Waals surface area contributed by atoms with E-state index in [0.29, 0.717) is 22.9 Å². The van der Waals surface area contributed by atoms with Crippen LogP contribution in [0.1, 0.15) is 23.9 Å². The summed E-state index contributed by atoms with van der Waals surface area (Å²) in [5.74, 6) is -0.869. The zero-order chi connectivity index (χ0) is 19.1. The number of hydrogen-bond acceptors (Lipinski definition) is 6. The molecule has 0 radical (unpaired) electrons. The quantitative estimate of drug-likeness (QED) is 0.547. The molecule has 2 heterocycles. The minimum Gasteiger partial charge on any atom is -0.508 e. The predicted octanol–water partition coefficient (Wildman–Crippen LogP) is 3.50. The number of aromatic nitrogens is 3. The number of aryl methyl sites for hydroxylation is 1. The first-order valence-corrected chi connectivity index (χ1v) is 8.57. The summed E-state index contributed by atoms with van der Waals surface area (Å²) in [4.78, 5) is 11.7. The molecule has 138 valence electrons. The van der Waals surface area contributed by atoms with E-state index in [1.54, 1.807) is 6.07 Å². The van der Waals surface area contributed by atoms with Crippen LogP contribution in [0, 0.1) is 0 Å². The van der Waals surface area contributed by atoms with Crippen molar-refractivity contribution in [3.8, 4) is 5.75 Å². The van der Waals surface area contributed by atoms with Crippen LogP contribution >= 0.6 is 11.8 Å². The average Bonchev–Trinajstić information content (AvgIpc) is 2.92. The molecule has 0 saturated heterocycles. The second-order valence-corrected chi connectivity index (χ2v) is 6.52. The second-order valence-electron chi connectivity index (χ2n) is 5.57. The maximum absolute atomic E-state index is 12.8. The number of halogens is 3. The van der Waals surface area contributed by atoms with E-state index in [2.05, 4.69) is 10.2 Å². The highest BCUT2D eigenvalue weighted by Crippen LogP contribution is 2.32. The first-order valence-electron chi connectivity index (χ1n) is 7.58. The largest absolute Gasteiger partial charge is 0.508 e. The van der Waals surface area contributed by atoms with Gasteiger partial charge in [-0.15, -0.1) is 10.2 Å². The topological polar surface area (TPSA) is 81.2 Å². The van der Waals surface area contributed by atoms with Crippen molar-refractivity contribution in [3.63, 3.8) is 0 Å². The summed E-state index contributed by atoms with van der Waals surface area (Å²) in [5, 5.41) is 17.3. The molecule has 2 aromatic heterocycles. The lowest BCUT2D eigenvalue weighted by Gasteiger charge is -2.09. The first kappa shape index (κ1) is 18.3. The molecule has 1 N–H and O–H groups in total.